The van der Waals surface area contributed by atoms with E-state index < -0.39 is 0 Å². The lowest BCUT2D eigenvalue weighted by molar-refractivity contribution is -0.139. The van der Waals surface area contributed by atoms with Crippen LogP contribution in [-0.2, 0) is 4.79 Å². The number of likely N-dealkylation sites (tertiary alicyclic amines) is 1. The van der Waals surface area contributed by atoms with Gasteiger partial charge in [-0.2, -0.15) is 0 Å². The van der Waals surface area contributed by atoms with Crippen molar-refractivity contribution < 1.29 is 4.79 Å². The van der Waals surface area contributed by atoms with Crippen molar-refractivity contribution in [3.63, 3.8) is 0 Å². The van der Waals surface area contributed by atoms with Crippen molar-refractivity contribution in [2.24, 2.45) is 5.92 Å². The molecule has 3 heteroatoms. The Morgan fingerprint density at radius 2 is 2.06 bits per heavy atom. The Hall–Kier alpha value is -0.570. The molecule has 3 atom stereocenters. The van der Waals surface area contributed by atoms with E-state index in [1.807, 2.05) is 11.9 Å². The first-order valence-corrected chi connectivity index (χ1v) is 6.96. The van der Waals surface area contributed by atoms with Gasteiger partial charge in [-0.3, -0.25) is 9.69 Å². The van der Waals surface area contributed by atoms with Crippen LogP contribution < -0.4 is 0 Å². The topological polar surface area (TPSA) is 23.6 Å². The van der Waals surface area contributed by atoms with E-state index in [-0.39, 0.29) is 6.04 Å². The largest absolute Gasteiger partial charge is 0.341 e. The molecule has 1 saturated heterocycles. The second-order valence-electron chi connectivity index (χ2n) is 5.57. The van der Waals surface area contributed by atoms with Crippen LogP contribution in [0.3, 0.4) is 0 Å². The Morgan fingerprint density at radius 1 is 1.41 bits per heavy atom. The second-order valence-corrected chi connectivity index (χ2v) is 5.57. The Bertz CT molecular complexity index is 255. The number of rotatable bonds is 4. The van der Waals surface area contributed by atoms with E-state index in [4.69, 9.17) is 0 Å². The van der Waals surface area contributed by atoms with E-state index in [0.29, 0.717) is 17.9 Å². The fourth-order valence-corrected chi connectivity index (χ4v) is 2.55. The summed E-state index contributed by atoms with van der Waals surface area (Å²) in [6.45, 7) is 7.63. The van der Waals surface area contributed by atoms with Crippen molar-refractivity contribution in [2.45, 2.75) is 58.5 Å². The summed E-state index contributed by atoms with van der Waals surface area (Å²) < 4.78 is 0. The molecule has 0 radical (unpaired) electrons. The highest BCUT2D eigenvalue weighted by Crippen LogP contribution is 2.20. The molecule has 2 unspecified atom stereocenters. The van der Waals surface area contributed by atoms with Crippen LogP contribution in [0, 0.1) is 5.92 Å². The summed E-state index contributed by atoms with van der Waals surface area (Å²) in [5, 5.41) is 0. The van der Waals surface area contributed by atoms with Crippen molar-refractivity contribution in [1.82, 2.24) is 9.80 Å². The van der Waals surface area contributed by atoms with Gasteiger partial charge in [-0.05, 0) is 39.3 Å². The van der Waals surface area contributed by atoms with Gasteiger partial charge >= 0.3 is 0 Å². The molecule has 17 heavy (non-hydrogen) atoms. The molecule has 100 valence electrons. The van der Waals surface area contributed by atoms with Gasteiger partial charge in [-0.1, -0.05) is 26.7 Å². The Kier molecular flexibility index (Phi) is 5.44. The van der Waals surface area contributed by atoms with Gasteiger partial charge in [-0.15, -0.1) is 0 Å². The normalized spacial score (nSPS) is 25.4. The minimum atomic E-state index is 0.111. The van der Waals surface area contributed by atoms with Gasteiger partial charge in [0.25, 0.3) is 0 Å². The highest BCUT2D eigenvalue weighted by Gasteiger charge is 2.30. The first-order chi connectivity index (χ1) is 7.99. The molecular weight excluding hydrogens is 212 g/mol. The van der Waals surface area contributed by atoms with E-state index in [1.54, 1.807) is 0 Å². The lowest BCUT2D eigenvalue weighted by Gasteiger charge is -2.37. The second kappa shape index (κ2) is 6.39. The molecule has 1 amide bonds. The molecule has 0 aromatic heterocycles. The van der Waals surface area contributed by atoms with Crippen LogP contribution in [0.15, 0.2) is 0 Å². The minimum absolute atomic E-state index is 0.111. The third-order valence-corrected chi connectivity index (χ3v) is 4.48. The van der Waals surface area contributed by atoms with Crippen LogP contribution in [0.5, 0.6) is 0 Å². The monoisotopic (exact) mass is 240 g/mol. The fraction of sp³-hybridized carbons (Fsp3) is 0.929. The van der Waals surface area contributed by atoms with Gasteiger partial charge in [0, 0.05) is 13.1 Å². The number of piperidine rings is 1. The van der Waals surface area contributed by atoms with Crippen LogP contribution in [0.4, 0.5) is 0 Å². The standard InChI is InChI=1S/C14H28N2O/c1-6-11(2)12(3)16(5)14(17)13-9-7-8-10-15(13)4/h11-13H,6-10H2,1-5H3/t11?,12?,13-/m1/s1. The molecule has 0 N–H and O–H groups in total. The summed E-state index contributed by atoms with van der Waals surface area (Å²) in [4.78, 5) is 16.6. The summed E-state index contributed by atoms with van der Waals surface area (Å²) in [6.07, 6.45) is 4.56. The minimum Gasteiger partial charge on any atom is -0.341 e. The third kappa shape index (κ3) is 3.44. The van der Waals surface area contributed by atoms with Crippen molar-refractivity contribution in [2.75, 3.05) is 20.6 Å². The molecule has 1 aliphatic rings. The van der Waals surface area contributed by atoms with E-state index in [9.17, 15) is 4.79 Å². The summed E-state index contributed by atoms with van der Waals surface area (Å²) in [7, 11) is 4.03. The number of amides is 1. The molecule has 0 bridgehead atoms. The Morgan fingerprint density at radius 3 is 2.59 bits per heavy atom. The maximum atomic E-state index is 12.5. The number of hydrogen-bond acceptors (Lipinski definition) is 2. The summed E-state index contributed by atoms with van der Waals surface area (Å²) in [5.74, 6) is 0.873. The lowest BCUT2D eigenvalue weighted by Crippen LogP contribution is -2.51. The van der Waals surface area contributed by atoms with E-state index in [2.05, 4.69) is 32.7 Å². The average Bonchev–Trinajstić information content (AvgIpc) is 2.35. The SMILES string of the molecule is CCC(C)C(C)N(C)C(=O)[C@H]1CCCCN1C. The van der Waals surface area contributed by atoms with Gasteiger partial charge in [-0.25, -0.2) is 0 Å². The van der Waals surface area contributed by atoms with Gasteiger partial charge in [0.05, 0.1) is 6.04 Å². The highest BCUT2D eigenvalue weighted by molar-refractivity contribution is 5.82. The fourth-order valence-electron chi connectivity index (χ4n) is 2.55. The average molecular weight is 240 g/mol. The van der Waals surface area contributed by atoms with Crippen LogP contribution in [-0.4, -0.2) is 48.4 Å². The summed E-state index contributed by atoms with van der Waals surface area (Å²) >= 11 is 0. The van der Waals surface area contributed by atoms with Gasteiger partial charge in [0.15, 0.2) is 0 Å². The van der Waals surface area contributed by atoms with Crippen molar-refractivity contribution in [3.8, 4) is 0 Å². The predicted octanol–water partition coefficient (Wildman–Crippen LogP) is 2.36. The Labute approximate surface area is 106 Å². The molecule has 1 rings (SSSR count). The molecule has 3 nitrogen and oxygen atoms in total. The molecule has 1 aliphatic heterocycles. The number of hydrogen-bond donors (Lipinski definition) is 0. The zero-order valence-electron chi connectivity index (χ0n) is 12.1. The van der Waals surface area contributed by atoms with Crippen LogP contribution in [0.1, 0.15) is 46.5 Å². The number of carbonyl (C=O) groups is 1. The maximum Gasteiger partial charge on any atom is 0.239 e. The molecule has 0 aromatic rings. The number of likely N-dealkylation sites (N-methyl/N-ethyl adjacent to an activating group) is 2. The molecule has 0 aliphatic carbocycles. The summed E-state index contributed by atoms with van der Waals surface area (Å²) in [5.41, 5.74) is 0. The first kappa shape index (κ1) is 14.5. The van der Waals surface area contributed by atoms with Crippen LogP contribution in [0.25, 0.3) is 0 Å². The van der Waals surface area contributed by atoms with Crippen LogP contribution in [0.2, 0.25) is 0 Å². The molecule has 1 fully saturated rings. The van der Waals surface area contributed by atoms with E-state index >= 15 is 0 Å². The Balaban J connectivity index is 2.61. The zero-order valence-corrected chi connectivity index (χ0v) is 12.1. The van der Waals surface area contributed by atoms with Gasteiger partial charge < -0.3 is 4.90 Å². The molecular formula is C14H28N2O. The van der Waals surface area contributed by atoms with Crippen LogP contribution >= 0.6 is 0 Å². The van der Waals surface area contributed by atoms with Crippen molar-refractivity contribution >= 4 is 5.91 Å². The van der Waals surface area contributed by atoms with Gasteiger partial charge in [0.2, 0.25) is 5.91 Å². The molecule has 0 spiro atoms. The molecule has 1 heterocycles. The maximum absolute atomic E-state index is 12.5. The quantitative estimate of drug-likeness (QED) is 0.753. The smallest absolute Gasteiger partial charge is 0.239 e. The zero-order chi connectivity index (χ0) is 13.0. The first-order valence-electron chi connectivity index (χ1n) is 6.96. The highest BCUT2D eigenvalue weighted by atomic mass is 16.2. The third-order valence-electron chi connectivity index (χ3n) is 4.48. The predicted molar refractivity (Wildman–Crippen MR) is 72.0 cm³/mol. The summed E-state index contributed by atoms with van der Waals surface area (Å²) in [6, 6.07) is 0.447. The van der Waals surface area contributed by atoms with Gasteiger partial charge in [0.1, 0.15) is 0 Å². The number of carbonyl (C=O) groups excluding carboxylic acids is 1. The van der Waals surface area contributed by atoms with Crippen molar-refractivity contribution in [3.05, 3.63) is 0 Å². The lowest BCUT2D eigenvalue weighted by atomic mass is 9.97. The van der Waals surface area contributed by atoms with E-state index in [1.165, 1.54) is 12.8 Å². The number of nitrogens with zero attached hydrogens (tertiary/aromatic N) is 2. The van der Waals surface area contributed by atoms with E-state index in [0.717, 1.165) is 19.4 Å². The molecule has 0 aromatic carbocycles. The van der Waals surface area contributed by atoms with Crippen molar-refractivity contribution in [1.29, 1.82) is 0 Å². The molecule has 0 saturated carbocycles.